The second-order valence-corrected chi connectivity index (χ2v) is 8.68. The van der Waals surface area contributed by atoms with Crippen LogP contribution in [0.3, 0.4) is 0 Å². The molecule has 1 heterocycles. The van der Waals surface area contributed by atoms with Gasteiger partial charge >= 0.3 is 6.09 Å². The zero-order valence-electron chi connectivity index (χ0n) is 19.3. The summed E-state index contributed by atoms with van der Waals surface area (Å²) < 4.78 is 11.2. The van der Waals surface area contributed by atoms with Crippen molar-refractivity contribution in [1.82, 2.24) is 15.5 Å². The number of carbonyl (C=O) groups is 1. The molecule has 2 rings (SSSR count). The van der Waals surface area contributed by atoms with E-state index in [-0.39, 0.29) is 17.9 Å². The molecule has 0 aromatic heterocycles. The van der Waals surface area contributed by atoms with Crippen LogP contribution in [0.5, 0.6) is 5.75 Å². The van der Waals surface area contributed by atoms with Crippen molar-refractivity contribution < 1.29 is 19.4 Å². The minimum atomic E-state index is -0.479. The number of hydrogen-bond donors (Lipinski definition) is 3. The topological polar surface area (TPSA) is 95.4 Å². The summed E-state index contributed by atoms with van der Waals surface area (Å²) in [7, 11) is 0. The molecule has 0 aliphatic carbocycles. The molecule has 0 spiro atoms. The largest absolute Gasteiger partial charge is 0.508 e. The first-order valence-corrected chi connectivity index (χ1v) is 11.2. The number of likely N-dealkylation sites (tertiary alicyclic amines) is 1. The van der Waals surface area contributed by atoms with Crippen LogP contribution < -0.4 is 10.6 Å². The van der Waals surface area contributed by atoms with Gasteiger partial charge in [-0.15, -0.1) is 0 Å². The number of guanidine groups is 1. The van der Waals surface area contributed by atoms with Crippen molar-refractivity contribution in [3.63, 3.8) is 0 Å². The number of phenols is 1. The van der Waals surface area contributed by atoms with Crippen molar-refractivity contribution in [1.29, 1.82) is 0 Å². The van der Waals surface area contributed by atoms with E-state index >= 15 is 0 Å². The third-order valence-corrected chi connectivity index (χ3v) is 4.77. The first kappa shape index (κ1) is 24.8. The number of aliphatic imine (C=N–C) groups is 1. The van der Waals surface area contributed by atoms with Gasteiger partial charge in [0, 0.05) is 32.8 Å². The normalized spacial score (nSPS) is 15.6. The minimum Gasteiger partial charge on any atom is -0.508 e. The smallest absolute Gasteiger partial charge is 0.407 e. The molecule has 1 amide bonds. The number of carbonyl (C=O) groups excluding carboxylic acids is 1. The van der Waals surface area contributed by atoms with Crippen LogP contribution in [-0.2, 0) is 16.0 Å². The molecule has 174 valence electrons. The predicted octanol–water partition coefficient (Wildman–Crippen LogP) is 3.25. The fraction of sp³-hybridized carbons (Fsp3) is 0.652. The summed E-state index contributed by atoms with van der Waals surface area (Å²) in [5.41, 5.74) is 0.583. The molecule has 0 atom stereocenters. The Morgan fingerprint density at radius 2 is 1.87 bits per heavy atom. The predicted molar refractivity (Wildman–Crippen MR) is 122 cm³/mol. The lowest BCUT2D eigenvalue weighted by molar-refractivity contribution is 0.0170. The molecule has 0 radical (unpaired) electrons. The second-order valence-electron chi connectivity index (χ2n) is 8.68. The van der Waals surface area contributed by atoms with Crippen molar-refractivity contribution in [2.24, 2.45) is 4.99 Å². The lowest BCUT2D eigenvalue weighted by atomic mass is 10.1. The van der Waals surface area contributed by atoms with Crippen LogP contribution in [0.15, 0.2) is 29.3 Å². The van der Waals surface area contributed by atoms with Crippen LogP contribution in [0.1, 0.15) is 52.5 Å². The van der Waals surface area contributed by atoms with Gasteiger partial charge in [0.1, 0.15) is 11.4 Å². The summed E-state index contributed by atoms with van der Waals surface area (Å²) in [4.78, 5) is 18.6. The number of rotatable bonds is 8. The van der Waals surface area contributed by atoms with Gasteiger partial charge in [-0.1, -0.05) is 12.1 Å². The van der Waals surface area contributed by atoms with Gasteiger partial charge in [-0.3, -0.25) is 0 Å². The molecule has 0 saturated carbocycles. The molecule has 0 unspecified atom stereocenters. The van der Waals surface area contributed by atoms with Gasteiger partial charge < -0.3 is 30.1 Å². The lowest BCUT2D eigenvalue weighted by Gasteiger charge is -2.34. The van der Waals surface area contributed by atoms with Gasteiger partial charge in [-0.05, 0) is 64.7 Å². The van der Waals surface area contributed by atoms with Crippen molar-refractivity contribution in [2.45, 2.75) is 65.2 Å². The molecule has 1 aliphatic heterocycles. The Bertz CT molecular complexity index is 693. The molecule has 0 bridgehead atoms. The zero-order chi connectivity index (χ0) is 22.7. The number of nitrogens with zero attached hydrogens (tertiary/aromatic N) is 2. The summed E-state index contributed by atoms with van der Waals surface area (Å²) in [5.74, 6) is 1.18. The van der Waals surface area contributed by atoms with Crippen LogP contribution in [0.25, 0.3) is 0 Å². The average Bonchev–Trinajstić information content (AvgIpc) is 2.71. The monoisotopic (exact) mass is 434 g/mol. The number of hydrogen-bond acceptors (Lipinski definition) is 5. The number of amides is 1. The Balaban J connectivity index is 1.68. The summed E-state index contributed by atoms with van der Waals surface area (Å²) in [6.07, 6.45) is 2.50. The number of phenolic OH excluding ortho intramolecular Hbond substituents is 1. The second kappa shape index (κ2) is 12.4. The van der Waals surface area contributed by atoms with Crippen LogP contribution in [-0.4, -0.2) is 66.6 Å². The van der Waals surface area contributed by atoms with Gasteiger partial charge in [-0.25, -0.2) is 9.79 Å². The molecule has 31 heavy (non-hydrogen) atoms. The number of benzene rings is 1. The van der Waals surface area contributed by atoms with Crippen molar-refractivity contribution in [2.75, 3.05) is 32.8 Å². The Morgan fingerprint density at radius 3 is 2.48 bits per heavy atom. The molecule has 1 aliphatic rings. The van der Waals surface area contributed by atoms with E-state index in [0.717, 1.165) is 50.4 Å². The number of ether oxygens (including phenoxy) is 2. The van der Waals surface area contributed by atoms with Gasteiger partial charge in [-0.2, -0.15) is 0 Å². The number of piperidine rings is 1. The third kappa shape index (κ3) is 9.91. The number of alkyl carbamates (subject to hydrolysis) is 1. The highest BCUT2D eigenvalue weighted by atomic mass is 16.6. The van der Waals surface area contributed by atoms with Crippen LogP contribution in [0.4, 0.5) is 4.79 Å². The SMILES string of the molecule is CCNC(=NCc1ccc(O)cc1)N1CCC(OCCCNC(=O)OC(C)(C)C)CC1. The Labute approximate surface area is 186 Å². The van der Waals surface area contributed by atoms with Gasteiger partial charge in [0.05, 0.1) is 12.6 Å². The fourth-order valence-electron chi connectivity index (χ4n) is 3.25. The van der Waals surface area contributed by atoms with E-state index in [9.17, 15) is 9.90 Å². The standard InChI is InChI=1S/C23H38N4O4/c1-5-24-21(26-17-18-7-9-19(28)10-8-18)27-14-11-20(12-15-27)30-16-6-13-25-22(29)31-23(2,3)4/h7-10,20,28H,5-6,11-17H2,1-4H3,(H,24,26)(H,25,29). The van der Waals surface area contributed by atoms with Crippen molar-refractivity contribution in [3.8, 4) is 5.75 Å². The summed E-state index contributed by atoms with van der Waals surface area (Å²) >= 11 is 0. The molecular weight excluding hydrogens is 396 g/mol. The highest BCUT2D eigenvalue weighted by Gasteiger charge is 2.22. The average molecular weight is 435 g/mol. The minimum absolute atomic E-state index is 0.234. The van der Waals surface area contributed by atoms with E-state index < -0.39 is 5.60 Å². The summed E-state index contributed by atoms with van der Waals surface area (Å²) in [5, 5.41) is 15.5. The molecule has 3 N–H and O–H groups in total. The first-order valence-electron chi connectivity index (χ1n) is 11.2. The Hall–Kier alpha value is -2.48. The van der Waals surface area contributed by atoms with Gasteiger partial charge in [0.2, 0.25) is 0 Å². The van der Waals surface area contributed by atoms with E-state index in [0.29, 0.717) is 19.7 Å². The third-order valence-electron chi connectivity index (χ3n) is 4.77. The molecule has 1 aromatic rings. The Kier molecular flexibility index (Phi) is 9.91. The quantitative estimate of drug-likeness (QED) is 0.330. The maximum Gasteiger partial charge on any atom is 0.407 e. The maximum absolute atomic E-state index is 11.6. The number of aromatic hydroxyl groups is 1. The van der Waals surface area contributed by atoms with E-state index in [1.54, 1.807) is 12.1 Å². The van der Waals surface area contributed by atoms with Crippen LogP contribution in [0, 0.1) is 0 Å². The summed E-state index contributed by atoms with van der Waals surface area (Å²) in [6, 6.07) is 7.15. The van der Waals surface area contributed by atoms with E-state index in [1.807, 2.05) is 32.9 Å². The van der Waals surface area contributed by atoms with E-state index in [2.05, 4.69) is 22.5 Å². The highest BCUT2D eigenvalue weighted by molar-refractivity contribution is 5.80. The number of nitrogens with one attached hydrogen (secondary N) is 2. The van der Waals surface area contributed by atoms with Gasteiger partial charge in [0.25, 0.3) is 0 Å². The Morgan fingerprint density at radius 1 is 1.19 bits per heavy atom. The van der Waals surface area contributed by atoms with E-state index in [4.69, 9.17) is 14.5 Å². The molecule has 8 nitrogen and oxygen atoms in total. The lowest BCUT2D eigenvalue weighted by Crippen LogP contribution is -2.47. The van der Waals surface area contributed by atoms with Gasteiger partial charge in [0.15, 0.2) is 5.96 Å². The maximum atomic E-state index is 11.6. The molecule has 8 heteroatoms. The van der Waals surface area contributed by atoms with Crippen LogP contribution in [0.2, 0.25) is 0 Å². The molecule has 1 fully saturated rings. The zero-order valence-corrected chi connectivity index (χ0v) is 19.3. The van der Waals surface area contributed by atoms with E-state index in [1.165, 1.54) is 0 Å². The first-order chi connectivity index (χ1) is 14.8. The van der Waals surface area contributed by atoms with Crippen molar-refractivity contribution >= 4 is 12.1 Å². The van der Waals surface area contributed by atoms with Crippen molar-refractivity contribution in [3.05, 3.63) is 29.8 Å². The molecule has 1 aromatic carbocycles. The summed E-state index contributed by atoms with van der Waals surface area (Å²) in [6.45, 7) is 11.9. The fourth-order valence-corrected chi connectivity index (χ4v) is 3.25. The molecular formula is C23H38N4O4. The molecule has 1 saturated heterocycles. The highest BCUT2D eigenvalue weighted by Crippen LogP contribution is 2.15. The van der Waals surface area contributed by atoms with Crippen LogP contribution >= 0.6 is 0 Å².